The van der Waals surface area contributed by atoms with Crippen LogP contribution in [0.15, 0.2) is 47.4 Å². The zero-order valence-corrected chi connectivity index (χ0v) is 22.6. The summed E-state index contributed by atoms with van der Waals surface area (Å²) < 4.78 is 34.9. The van der Waals surface area contributed by atoms with E-state index in [1.54, 1.807) is 17.0 Å². The number of hydrogen-bond donors (Lipinski definition) is 0. The lowest BCUT2D eigenvalue weighted by Gasteiger charge is -2.34. The van der Waals surface area contributed by atoms with Gasteiger partial charge in [0.05, 0.1) is 33.7 Å². The molecule has 0 bridgehead atoms. The molecule has 10 heteroatoms. The number of anilines is 1. The average molecular weight is 548 g/mol. The van der Waals surface area contributed by atoms with Crippen molar-refractivity contribution in [2.24, 2.45) is 5.92 Å². The quantitative estimate of drug-likeness (QED) is 0.410. The van der Waals surface area contributed by atoms with Gasteiger partial charge in [0.25, 0.3) is 0 Å². The number of fused-ring (bicyclic) bond motifs is 1. The maximum atomic E-state index is 14.0. The molecule has 5 rings (SSSR count). The SMILES string of the molecule is CCc1cccc2sc(N(CC3CCCO3)C(=O)C3CCCN(S(=O)(=O)c4ccc(Cl)cc4)C3)nc12. The van der Waals surface area contributed by atoms with Crippen LogP contribution in [0.25, 0.3) is 10.2 Å². The molecule has 0 spiro atoms. The van der Waals surface area contributed by atoms with E-state index in [0.29, 0.717) is 42.7 Å². The van der Waals surface area contributed by atoms with Gasteiger partial charge in [-0.3, -0.25) is 9.69 Å². The highest BCUT2D eigenvalue weighted by Crippen LogP contribution is 2.34. The van der Waals surface area contributed by atoms with E-state index in [1.807, 2.05) is 12.1 Å². The number of halogens is 1. The Morgan fingerprint density at radius 1 is 1.19 bits per heavy atom. The Morgan fingerprint density at radius 2 is 2.00 bits per heavy atom. The Labute approximate surface area is 221 Å². The first-order chi connectivity index (χ1) is 17.4. The van der Waals surface area contributed by atoms with Gasteiger partial charge in [0, 0.05) is 24.7 Å². The molecule has 2 fully saturated rings. The van der Waals surface area contributed by atoms with Crippen LogP contribution in [0.2, 0.25) is 5.02 Å². The van der Waals surface area contributed by atoms with Crippen molar-refractivity contribution in [3.8, 4) is 0 Å². The molecule has 0 radical (unpaired) electrons. The van der Waals surface area contributed by atoms with Gasteiger partial charge < -0.3 is 4.74 Å². The Kier molecular flexibility index (Phi) is 7.65. The maximum Gasteiger partial charge on any atom is 0.243 e. The van der Waals surface area contributed by atoms with Crippen LogP contribution in [0.1, 0.15) is 38.2 Å². The van der Waals surface area contributed by atoms with Crippen LogP contribution in [-0.2, 0) is 26.0 Å². The molecule has 2 aliphatic heterocycles. The summed E-state index contributed by atoms with van der Waals surface area (Å²) in [5, 5.41) is 1.14. The van der Waals surface area contributed by atoms with Gasteiger partial charge in [0.1, 0.15) is 0 Å². The minimum Gasteiger partial charge on any atom is -0.376 e. The average Bonchev–Trinajstić information content (AvgIpc) is 3.57. The molecule has 2 atom stereocenters. The van der Waals surface area contributed by atoms with Crippen molar-refractivity contribution in [1.82, 2.24) is 9.29 Å². The van der Waals surface area contributed by atoms with Gasteiger partial charge >= 0.3 is 0 Å². The Bertz CT molecular complexity index is 1340. The van der Waals surface area contributed by atoms with Crippen molar-refractivity contribution in [3.05, 3.63) is 53.1 Å². The molecule has 2 unspecified atom stereocenters. The number of rotatable bonds is 7. The van der Waals surface area contributed by atoms with Gasteiger partial charge in [-0.15, -0.1) is 0 Å². The van der Waals surface area contributed by atoms with Gasteiger partial charge in [0.15, 0.2) is 5.13 Å². The topological polar surface area (TPSA) is 79.8 Å². The van der Waals surface area contributed by atoms with Crippen LogP contribution in [0.3, 0.4) is 0 Å². The van der Waals surface area contributed by atoms with E-state index < -0.39 is 15.9 Å². The highest BCUT2D eigenvalue weighted by atomic mass is 35.5. The number of sulfonamides is 1. The lowest BCUT2D eigenvalue weighted by molar-refractivity contribution is -0.123. The van der Waals surface area contributed by atoms with Crippen molar-refractivity contribution < 1.29 is 17.9 Å². The summed E-state index contributed by atoms with van der Waals surface area (Å²) >= 11 is 7.46. The molecule has 36 heavy (non-hydrogen) atoms. The number of aryl methyl sites for hydroxylation is 1. The van der Waals surface area contributed by atoms with E-state index in [2.05, 4.69) is 13.0 Å². The minimum absolute atomic E-state index is 0.0379. The molecule has 3 heterocycles. The van der Waals surface area contributed by atoms with Gasteiger partial charge in [0.2, 0.25) is 15.9 Å². The third kappa shape index (κ3) is 5.17. The first-order valence-corrected chi connectivity index (χ1v) is 15.1. The number of amides is 1. The third-order valence-electron chi connectivity index (χ3n) is 6.96. The molecular formula is C26H30ClN3O4S2. The summed E-state index contributed by atoms with van der Waals surface area (Å²) in [6.07, 6.45) is 3.96. The summed E-state index contributed by atoms with van der Waals surface area (Å²) in [6.45, 7) is 3.77. The molecule has 1 amide bonds. The second kappa shape index (κ2) is 10.8. The maximum absolute atomic E-state index is 14.0. The number of carbonyl (C=O) groups is 1. The molecule has 0 aliphatic carbocycles. The molecule has 7 nitrogen and oxygen atoms in total. The molecule has 1 aromatic heterocycles. The van der Waals surface area contributed by atoms with Crippen molar-refractivity contribution in [3.63, 3.8) is 0 Å². The zero-order valence-electron chi connectivity index (χ0n) is 20.2. The molecule has 2 aromatic carbocycles. The van der Waals surface area contributed by atoms with Gasteiger partial charge in [-0.05, 0) is 68.0 Å². The number of aromatic nitrogens is 1. The zero-order chi connectivity index (χ0) is 25.3. The Morgan fingerprint density at radius 3 is 2.72 bits per heavy atom. The number of ether oxygens (including phenoxy) is 1. The monoisotopic (exact) mass is 547 g/mol. The number of carbonyl (C=O) groups excluding carboxylic acids is 1. The van der Waals surface area contributed by atoms with Crippen LogP contribution in [0.5, 0.6) is 0 Å². The molecule has 0 saturated carbocycles. The van der Waals surface area contributed by atoms with E-state index in [-0.39, 0.29) is 23.5 Å². The smallest absolute Gasteiger partial charge is 0.243 e. The molecule has 2 aliphatic rings. The van der Waals surface area contributed by atoms with E-state index in [4.69, 9.17) is 21.3 Å². The number of benzene rings is 2. The first-order valence-electron chi connectivity index (χ1n) is 12.4. The summed E-state index contributed by atoms with van der Waals surface area (Å²) in [7, 11) is -3.72. The minimum atomic E-state index is -3.72. The van der Waals surface area contributed by atoms with E-state index in [0.717, 1.165) is 35.0 Å². The highest BCUT2D eigenvalue weighted by molar-refractivity contribution is 7.89. The molecule has 0 N–H and O–H groups in total. The fraction of sp³-hybridized carbons (Fsp3) is 0.462. The summed E-state index contributed by atoms with van der Waals surface area (Å²) in [4.78, 5) is 20.8. The van der Waals surface area contributed by atoms with Crippen molar-refractivity contribution >= 4 is 54.2 Å². The summed E-state index contributed by atoms with van der Waals surface area (Å²) in [6, 6.07) is 12.3. The van der Waals surface area contributed by atoms with E-state index in [1.165, 1.54) is 27.8 Å². The summed E-state index contributed by atoms with van der Waals surface area (Å²) in [5.41, 5.74) is 2.08. The van der Waals surface area contributed by atoms with Gasteiger partial charge in [-0.25, -0.2) is 13.4 Å². The fourth-order valence-electron chi connectivity index (χ4n) is 4.99. The van der Waals surface area contributed by atoms with Gasteiger partial charge in [-0.2, -0.15) is 4.31 Å². The van der Waals surface area contributed by atoms with Crippen LogP contribution in [0, 0.1) is 5.92 Å². The Hall–Kier alpha value is -2.04. The number of hydrogen-bond acceptors (Lipinski definition) is 6. The van der Waals surface area contributed by atoms with Crippen LogP contribution < -0.4 is 4.90 Å². The van der Waals surface area contributed by atoms with Crippen LogP contribution in [0.4, 0.5) is 5.13 Å². The summed E-state index contributed by atoms with van der Waals surface area (Å²) in [5.74, 6) is -0.529. The van der Waals surface area contributed by atoms with Crippen LogP contribution >= 0.6 is 22.9 Å². The second-order valence-electron chi connectivity index (χ2n) is 9.35. The normalized spacial score (nSPS) is 21.2. The first kappa shape index (κ1) is 25.6. The van der Waals surface area contributed by atoms with E-state index >= 15 is 0 Å². The molecule has 2 saturated heterocycles. The fourth-order valence-corrected chi connectivity index (χ4v) is 7.67. The number of para-hydroxylation sites is 1. The van der Waals surface area contributed by atoms with Gasteiger partial charge in [-0.1, -0.05) is 42.0 Å². The van der Waals surface area contributed by atoms with Crippen molar-refractivity contribution in [2.45, 2.75) is 50.0 Å². The standard InChI is InChI=1S/C26H30ClN3O4S2/c1-2-18-6-3-9-23-24(18)28-26(35-23)30(17-21-8-5-15-34-21)25(31)19-7-4-14-29(16-19)36(32,33)22-12-10-20(27)11-13-22/h3,6,9-13,19,21H,2,4-5,7-8,14-17H2,1H3. The predicted molar refractivity (Wildman–Crippen MR) is 143 cm³/mol. The largest absolute Gasteiger partial charge is 0.376 e. The second-order valence-corrected chi connectivity index (χ2v) is 12.7. The van der Waals surface area contributed by atoms with Crippen molar-refractivity contribution in [2.75, 3.05) is 31.1 Å². The van der Waals surface area contributed by atoms with Crippen molar-refractivity contribution in [1.29, 1.82) is 0 Å². The lowest BCUT2D eigenvalue weighted by atomic mass is 9.98. The lowest BCUT2D eigenvalue weighted by Crippen LogP contribution is -2.48. The number of thiazole rings is 1. The molecule has 192 valence electrons. The molecular weight excluding hydrogens is 518 g/mol. The highest BCUT2D eigenvalue weighted by Gasteiger charge is 2.37. The van der Waals surface area contributed by atoms with Crippen LogP contribution in [-0.4, -0.2) is 56.0 Å². The Balaban J connectivity index is 1.42. The number of nitrogens with zero attached hydrogens (tertiary/aromatic N) is 3. The molecule has 3 aromatic rings. The third-order valence-corrected chi connectivity index (χ3v) is 10.1. The van der Waals surface area contributed by atoms with E-state index in [9.17, 15) is 13.2 Å². The number of piperidine rings is 1. The predicted octanol–water partition coefficient (Wildman–Crippen LogP) is 5.13.